The Morgan fingerprint density at radius 1 is 1.14 bits per heavy atom. The molecule has 0 atom stereocenters. The third-order valence-electron chi connectivity index (χ3n) is 4.32. The van der Waals surface area contributed by atoms with Gasteiger partial charge in [-0.1, -0.05) is 0 Å². The maximum Gasteiger partial charge on any atom is 0.225 e. The van der Waals surface area contributed by atoms with Gasteiger partial charge in [-0.25, -0.2) is 0 Å². The summed E-state index contributed by atoms with van der Waals surface area (Å²) in [5.41, 5.74) is 7.15. The van der Waals surface area contributed by atoms with Crippen LogP contribution in [-0.2, 0) is 4.79 Å². The van der Waals surface area contributed by atoms with Crippen LogP contribution in [0.25, 0.3) is 0 Å². The first-order valence-corrected chi connectivity index (χ1v) is 7.82. The van der Waals surface area contributed by atoms with Crippen molar-refractivity contribution in [1.29, 1.82) is 0 Å². The van der Waals surface area contributed by atoms with Crippen LogP contribution in [0, 0.1) is 0 Å². The molecule has 1 saturated heterocycles. The molecule has 0 radical (unpaired) electrons. The molecule has 1 amide bonds. The van der Waals surface area contributed by atoms with E-state index in [2.05, 4.69) is 15.1 Å². The highest BCUT2D eigenvalue weighted by Gasteiger charge is 2.31. The Bertz CT molecular complexity index is 476. The highest BCUT2D eigenvalue weighted by Crippen LogP contribution is 2.27. The molecule has 1 aliphatic heterocycles. The van der Waals surface area contributed by atoms with Crippen molar-refractivity contribution >= 4 is 17.3 Å². The Hall–Kier alpha value is -1.59. The first-order chi connectivity index (χ1) is 10.2. The minimum Gasteiger partial charge on any atom is -0.399 e. The van der Waals surface area contributed by atoms with E-state index in [1.807, 2.05) is 12.1 Å². The smallest absolute Gasteiger partial charge is 0.225 e. The highest BCUT2D eigenvalue weighted by molar-refractivity contribution is 5.90. The molecule has 1 saturated carbocycles. The van der Waals surface area contributed by atoms with Gasteiger partial charge in [-0.3, -0.25) is 9.69 Å². The third-order valence-corrected chi connectivity index (χ3v) is 4.32. The van der Waals surface area contributed by atoms with E-state index in [4.69, 9.17) is 5.73 Å². The maximum atomic E-state index is 11.9. The number of hydrogen-bond donors (Lipinski definition) is 2. The summed E-state index contributed by atoms with van der Waals surface area (Å²) in [4.78, 5) is 16.9. The number of hydrogen-bond acceptors (Lipinski definition) is 4. The molecule has 21 heavy (non-hydrogen) atoms. The fourth-order valence-corrected chi connectivity index (χ4v) is 2.84. The predicted octanol–water partition coefficient (Wildman–Crippen LogP) is 1.38. The lowest BCUT2D eigenvalue weighted by molar-refractivity contribution is -0.116. The summed E-state index contributed by atoms with van der Waals surface area (Å²) < 4.78 is 0. The molecule has 114 valence electrons. The van der Waals surface area contributed by atoms with Gasteiger partial charge in [0.2, 0.25) is 5.91 Å². The average Bonchev–Trinajstić information content (AvgIpc) is 3.33. The minimum atomic E-state index is 0.0735. The molecule has 1 aromatic rings. The molecular formula is C16H24N4O. The van der Waals surface area contributed by atoms with Crippen molar-refractivity contribution in [2.75, 3.05) is 43.8 Å². The number of nitrogens with zero attached hydrogens (tertiary/aromatic N) is 2. The molecule has 0 spiro atoms. The van der Waals surface area contributed by atoms with E-state index in [0.717, 1.165) is 44.5 Å². The topological polar surface area (TPSA) is 61.6 Å². The molecule has 5 heteroatoms. The van der Waals surface area contributed by atoms with Gasteiger partial charge in [0.25, 0.3) is 0 Å². The van der Waals surface area contributed by atoms with Crippen molar-refractivity contribution in [2.45, 2.75) is 25.3 Å². The fraction of sp³-hybridized carbons (Fsp3) is 0.562. The number of nitrogens with one attached hydrogen (secondary N) is 1. The molecule has 3 N–H and O–H groups in total. The summed E-state index contributed by atoms with van der Waals surface area (Å²) in [6, 6.07) is 8.13. The Morgan fingerprint density at radius 2 is 1.81 bits per heavy atom. The second-order valence-electron chi connectivity index (χ2n) is 6.03. The van der Waals surface area contributed by atoms with E-state index in [-0.39, 0.29) is 5.91 Å². The van der Waals surface area contributed by atoms with E-state index in [0.29, 0.717) is 12.1 Å². The number of carbonyl (C=O) groups excluding carboxylic acids is 1. The number of carbonyl (C=O) groups is 1. The lowest BCUT2D eigenvalue weighted by Gasteiger charge is -2.34. The zero-order valence-electron chi connectivity index (χ0n) is 12.4. The van der Waals surface area contributed by atoms with Crippen molar-refractivity contribution in [3.63, 3.8) is 0 Å². The Labute approximate surface area is 126 Å². The SMILES string of the molecule is Nc1ccc(NC(=O)CCN2CCN(C3CC3)CC2)cc1. The van der Waals surface area contributed by atoms with Crippen molar-refractivity contribution in [2.24, 2.45) is 0 Å². The van der Waals surface area contributed by atoms with E-state index in [1.165, 1.54) is 12.8 Å². The van der Waals surface area contributed by atoms with Gasteiger partial charge in [0, 0.05) is 56.6 Å². The molecule has 0 unspecified atom stereocenters. The molecule has 2 fully saturated rings. The zero-order chi connectivity index (χ0) is 14.7. The normalized spacial score (nSPS) is 20.4. The molecule has 1 heterocycles. The van der Waals surface area contributed by atoms with Gasteiger partial charge < -0.3 is 16.0 Å². The van der Waals surface area contributed by atoms with Crippen LogP contribution in [0.2, 0.25) is 0 Å². The molecule has 3 rings (SSSR count). The molecule has 1 aromatic carbocycles. The van der Waals surface area contributed by atoms with Crippen LogP contribution in [-0.4, -0.2) is 54.5 Å². The molecule has 0 aromatic heterocycles. The van der Waals surface area contributed by atoms with Crippen LogP contribution >= 0.6 is 0 Å². The van der Waals surface area contributed by atoms with Crippen LogP contribution in [0.3, 0.4) is 0 Å². The Kier molecular flexibility index (Phi) is 4.41. The number of amides is 1. The van der Waals surface area contributed by atoms with Gasteiger partial charge in [0.1, 0.15) is 0 Å². The van der Waals surface area contributed by atoms with Crippen molar-refractivity contribution in [3.8, 4) is 0 Å². The quantitative estimate of drug-likeness (QED) is 0.804. The van der Waals surface area contributed by atoms with Gasteiger partial charge in [0.05, 0.1) is 0 Å². The third kappa shape index (κ3) is 4.19. The van der Waals surface area contributed by atoms with E-state index in [9.17, 15) is 4.79 Å². The predicted molar refractivity (Wildman–Crippen MR) is 85.1 cm³/mol. The van der Waals surface area contributed by atoms with Gasteiger partial charge in [-0.2, -0.15) is 0 Å². The zero-order valence-corrected chi connectivity index (χ0v) is 12.4. The summed E-state index contributed by atoms with van der Waals surface area (Å²) in [6.45, 7) is 5.34. The fourth-order valence-electron chi connectivity index (χ4n) is 2.84. The standard InChI is InChI=1S/C16H24N4O/c17-13-1-3-14(4-2-13)18-16(21)7-8-19-9-11-20(12-10-19)15-5-6-15/h1-4,15H,5-12,17H2,(H,18,21). The van der Waals surface area contributed by atoms with Crippen molar-refractivity contribution in [1.82, 2.24) is 9.80 Å². The average molecular weight is 288 g/mol. The summed E-state index contributed by atoms with van der Waals surface area (Å²) >= 11 is 0. The number of rotatable bonds is 5. The van der Waals surface area contributed by atoms with Crippen LogP contribution < -0.4 is 11.1 Å². The van der Waals surface area contributed by atoms with Gasteiger partial charge in [-0.15, -0.1) is 0 Å². The molecule has 5 nitrogen and oxygen atoms in total. The van der Waals surface area contributed by atoms with E-state index in [1.54, 1.807) is 12.1 Å². The van der Waals surface area contributed by atoms with Gasteiger partial charge in [0.15, 0.2) is 0 Å². The Balaban J connectivity index is 1.36. The lowest BCUT2D eigenvalue weighted by Crippen LogP contribution is -2.47. The number of benzene rings is 1. The molecule has 2 aliphatic rings. The van der Waals surface area contributed by atoms with Crippen LogP contribution in [0.4, 0.5) is 11.4 Å². The molecule has 1 aliphatic carbocycles. The van der Waals surface area contributed by atoms with Crippen LogP contribution in [0.15, 0.2) is 24.3 Å². The number of anilines is 2. The highest BCUT2D eigenvalue weighted by atomic mass is 16.1. The number of nitrogens with two attached hydrogens (primary N) is 1. The largest absolute Gasteiger partial charge is 0.399 e. The summed E-state index contributed by atoms with van der Waals surface area (Å²) in [7, 11) is 0. The molecular weight excluding hydrogens is 264 g/mol. The summed E-state index contributed by atoms with van der Waals surface area (Å²) in [5.74, 6) is 0.0735. The van der Waals surface area contributed by atoms with Gasteiger partial charge in [-0.05, 0) is 37.1 Å². The first-order valence-electron chi connectivity index (χ1n) is 7.82. The first kappa shape index (κ1) is 14.4. The maximum absolute atomic E-state index is 11.9. The molecule has 0 bridgehead atoms. The second kappa shape index (κ2) is 6.45. The van der Waals surface area contributed by atoms with Crippen molar-refractivity contribution < 1.29 is 4.79 Å². The lowest BCUT2D eigenvalue weighted by atomic mass is 10.2. The minimum absolute atomic E-state index is 0.0735. The summed E-state index contributed by atoms with van der Waals surface area (Å²) in [5, 5.41) is 2.91. The van der Waals surface area contributed by atoms with E-state index < -0.39 is 0 Å². The van der Waals surface area contributed by atoms with Crippen LogP contribution in [0.5, 0.6) is 0 Å². The Morgan fingerprint density at radius 3 is 2.43 bits per heavy atom. The summed E-state index contributed by atoms with van der Waals surface area (Å²) in [6.07, 6.45) is 3.31. The number of nitrogen functional groups attached to an aromatic ring is 1. The van der Waals surface area contributed by atoms with Gasteiger partial charge >= 0.3 is 0 Å². The van der Waals surface area contributed by atoms with Crippen molar-refractivity contribution in [3.05, 3.63) is 24.3 Å². The van der Waals surface area contributed by atoms with E-state index >= 15 is 0 Å². The monoisotopic (exact) mass is 288 g/mol. The van der Waals surface area contributed by atoms with Crippen LogP contribution in [0.1, 0.15) is 19.3 Å². The second-order valence-corrected chi connectivity index (χ2v) is 6.03. The number of piperazine rings is 1.